The molecule has 0 unspecified atom stereocenters. The van der Waals surface area contributed by atoms with Crippen LogP contribution >= 0.6 is 15.9 Å². The van der Waals surface area contributed by atoms with Crippen molar-refractivity contribution in [3.8, 4) is 11.6 Å². The first-order chi connectivity index (χ1) is 10.2. The van der Waals surface area contributed by atoms with Crippen molar-refractivity contribution in [2.75, 3.05) is 0 Å². The van der Waals surface area contributed by atoms with Gasteiger partial charge < -0.3 is 10.5 Å². The molecule has 106 valence electrons. The fraction of sp³-hybridized carbons (Fsp3) is 0.0625. The molecular weight excluding hydrogens is 335 g/mol. The molecule has 1 heterocycles. The van der Waals surface area contributed by atoms with Crippen molar-refractivity contribution in [3.05, 3.63) is 64.5 Å². The van der Waals surface area contributed by atoms with Gasteiger partial charge in [0.15, 0.2) is 0 Å². The van der Waals surface area contributed by atoms with Crippen LogP contribution in [0.5, 0.6) is 11.6 Å². The van der Waals surface area contributed by atoms with Gasteiger partial charge in [-0.05, 0) is 51.1 Å². The van der Waals surface area contributed by atoms with Crippen molar-refractivity contribution in [1.29, 1.82) is 0 Å². The summed E-state index contributed by atoms with van der Waals surface area (Å²) in [7, 11) is 0. The molecule has 0 atom stereocenters. The number of rotatable bonds is 3. The molecule has 0 amide bonds. The van der Waals surface area contributed by atoms with Crippen molar-refractivity contribution in [3.63, 3.8) is 0 Å². The van der Waals surface area contributed by atoms with Crippen LogP contribution < -0.4 is 10.5 Å². The smallest absolute Gasteiger partial charge is 0.227 e. The van der Waals surface area contributed by atoms with Crippen molar-refractivity contribution in [2.24, 2.45) is 5.73 Å². The van der Waals surface area contributed by atoms with Gasteiger partial charge in [0.2, 0.25) is 5.88 Å². The number of ether oxygens (including phenoxy) is 1. The summed E-state index contributed by atoms with van der Waals surface area (Å²) in [5.41, 5.74) is 6.68. The molecule has 0 aliphatic carbocycles. The van der Waals surface area contributed by atoms with Gasteiger partial charge in [0.1, 0.15) is 11.6 Å². The van der Waals surface area contributed by atoms with Crippen LogP contribution in [0.1, 0.15) is 5.56 Å². The van der Waals surface area contributed by atoms with Crippen molar-refractivity contribution < 1.29 is 9.13 Å². The van der Waals surface area contributed by atoms with Gasteiger partial charge >= 0.3 is 0 Å². The molecule has 5 heteroatoms. The van der Waals surface area contributed by atoms with E-state index in [0.717, 1.165) is 16.3 Å². The van der Waals surface area contributed by atoms with E-state index >= 15 is 0 Å². The van der Waals surface area contributed by atoms with E-state index in [-0.39, 0.29) is 5.82 Å². The van der Waals surface area contributed by atoms with E-state index in [2.05, 4.69) is 20.9 Å². The molecule has 0 spiro atoms. The zero-order valence-corrected chi connectivity index (χ0v) is 12.6. The van der Waals surface area contributed by atoms with Gasteiger partial charge in [-0.3, -0.25) is 0 Å². The average Bonchev–Trinajstić information content (AvgIpc) is 2.51. The van der Waals surface area contributed by atoms with Crippen LogP contribution in [0.4, 0.5) is 4.39 Å². The molecule has 0 fully saturated rings. The summed E-state index contributed by atoms with van der Waals surface area (Å²) in [6.07, 6.45) is 1.70. The van der Waals surface area contributed by atoms with Gasteiger partial charge in [0, 0.05) is 18.1 Å². The first-order valence-electron chi connectivity index (χ1n) is 6.38. The maximum atomic E-state index is 13.3. The number of halogens is 2. The van der Waals surface area contributed by atoms with Crippen molar-refractivity contribution in [1.82, 2.24) is 4.98 Å². The van der Waals surface area contributed by atoms with Crippen LogP contribution in [-0.4, -0.2) is 4.98 Å². The normalized spacial score (nSPS) is 10.8. The Labute approximate surface area is 129 Å². The monoisotopic (exact) mass is 346 g/mol. The van der Waals surface area contributed by atoms with E-state index in [1.165, 1.54) is 6.07 Å². The zero-order chi connectivity index (χ0) is 14.8. The van der Waals surface area contributed by atoms with Gasteiger partial charge in [-0.2, -0.15) is 0 Å². The van der Waals surface area contributed by atoms with Crippen LogP contribution in [-0.2, 0) is 6.54 Å². The van der Waals surface area contributed by atoms with E-state index in [9.17, 15) is 4.39 Å². The number of nitrogens with two attached hydrogens (primary N) is 1. The molecule has 0 saturated heterocycles. The Balaban J connectivity index is 2.06. The molecule has 2 N–H and O–H groups in total. The summed E-state index contributed by atoms with van der Waals surface area (Å²) < 4.78 is 19.4. The van der Waals surface area contributed by atoms with E-state index in [1.807, 2.05) is 24.3 Å². The summed E-state index contributed by atoms with van der Waals surface area (Å²) in [5, 5.41) is 1.88. The molecule has 21 heavy (non-hydrogen) atoms. The summed E-state index contributed by atoms with van der Waals surface area (Å²) in [6.45, 7) is 0.413. The number of benzene rings is 2. The van der Waals surface area contributed by atoms with Gasteiger partial charge in [-0.25, -0.2) is 9.37 Å². The van der Waals surface area contributed by atoms with E-state index < -0.39 is 0 Å². The molecule has 0 saturated carbocycles. The van der Waals surface area contributed by atoms with Gasteiger partial charge in [-0.1, -0.05) is 18.2 Å². The Kier molecular flexibility index (Phi) is 3.86. The van der Waals surface area contributed by atoms with Gasteiger partial charge in [-0.15, -0.1) is 0 Å². The van der Waals surface area contributed by atoms with E-state index in [1.54, 1.807) is 18.3 Å². The Hall–Kier alpha value is -1.98. The van der Waals surface area contributed by atoms with Gasteiger partial charge in [0.25, 0.3) is 0 Å². The second kappa shape index (κ2) is 5.79. The lowest BCUT2D eigenvalue weighted by Crippen LogP contribution is -1.99. The predicted octanol–water partition coefficient (Wildman–Crippen LogP) is 4.39. The quantitative estimate of drug-likeness (QED) is 0.765. The molecule has 2 aromatic carbocycles. The van der Waals surface area contributed by atoms with Crippen molar-refractivity contribution >= 4 is 26.7 Å². The summed E-state index contributed by atoms with van der Waals surface area (Å²) in [4.78, 5) is 4.31. The van der Waals surface area contributed by atoms with Crippen LogP contribution in [0.2, 0.25) is 0 Å². The summed E-state index contributed by atoms with van der Waals surface area (Å²) >= 11 is 3.14. The van der Waals surface area contributed by atoms with Crippen molar-refractivity contribution in [2.45, 2.75) is 6.54 Å². The molecule has 0 radical (unpaired) electrons. The second-order valence-electron chi connectivity index (χ2n) is 4.52. The number of fused-ring (bicyclic) bond motifs is 1. The molecule has 3 aromatic rings. The standard InChI is InChI=1S/C16H12BrFN2O/c17-14-7-11(5-6-15(14)18)21-16-13-4-2-1-3-12(13)10(8-19)9-20-16/h1-7,9H,8,19H2. The molecule has 0 aliphatic rings. The van der Waals surface area contributed by atoms with Crippen LogP contribution in [0.15, 0.2) is 53.1 Å². The molecule has 0 aliphatic heterocycles. The Morgan fingerprint density at radius 2 is 1.90 bits per heavy atom. The average molecular weight is 347 g/mol. The minimum atomic E-state index is -0.335. The third kappa shape index (κ3) is 2.75. The first kappa shape index (κ1) is 14.0. The minimum absolute atomic E-state index is 0.335. The van der Waals surface area contributed by atoms with Crippen LogP contribution in [0.25, 0.3) is 10.8 Å². The minimum Gasteiger partial charge on any atom is -0.438 e. The van der Waals surface area contributed by atoms with E-state index in [4.69, 9.17) is 10.5 Å². The maximum Gasteiger partial charge on any atom is 0.227 e. The zero-order valence-electron chi connectivity index (χ0n) is 11.0. The second-order valence-corrected chi connectivity index (χ2v) is 5.37. The fourth-order valence-electron chi connectivity index (χ4n) is 2.12. The molecule has 1 aromatic heterocycles. The summed E-state index contributed by atoms with van der Waals surface area (Å²) in [6, 6.07) is 12.2. The summed E-state index contributed by atoms with van der Waals surface area (Å²) in [5.74, 6) is 0.654. The number of hydrogen-bond acceptors (Lipinski definition) is 3. The first-order valence-corrected chi connectivity index (χ1v) is 7.18. The lowest BCUT2D eigenvalue weighted by molar-refractivity contribution is 0.466. The van der Waals surface area contributed by atoms with Crippen LogP contribution in [0, 0.1) is 5.82 Å². The fourth-order valence-corrected chi connectivity index (χ4v) is 2.48. The lowest BCUT2D eigenvalue weighted by atomic mass is 10.1. The highest BCUT2D eigenvalue weighted by Gasteiger charge is 2.09. The molecule has 3 nitrogen and oxygen atoms in total. The number of nitrogens with zero attached hydrogens (tertiary/aromatic N) is 1. The maximum absolute atomic E-state index is 13.3. The topological polar surface area (TPSA) is 48.1 Å². The lowest BCUT2D eigenvalue weighted by Gasteiger charge is -2.10. The Morgan fingerprint density at radius 3 is 2.62 bits per heavy atom. The highest BCUT2D eigenvalue weighted by Crippen LogP contribution is 2.31. The predicted molar refractivity (Wildman–Crippen MR) is 83.8 cm³/mol. The highest BCUT2D eigenvalue weighted by molar-refractivity contribution is 9.10. The largest absolute Gasteiger partial charge is 0.438 e. The SMILES string of the molecule is NCc1cnc(Oc2ccc(F)c(Br)c2)c2ccccc12. The Bertz CT molecular complexity index is 807. The highest BCUT2D eigenvalue weighted by atomic mass is 79.9. The molecule has 0 bridgehead atoms. The number of hydrogen-bond donors (Lipinski definition) is 1. The third-order valence-corrected chi connectivity index (χ3v) is 3.77. The van der Waals surface area contributed by atoms with Crippen LogP contribution in [0.3, 0.4) is 0 Å². The number of aromatic nitrogens is 1. The molecular formula is C16H12BrFN2O. The number of pyridine rings is 1. The Morgan fingerprint density at radius 1 is 1.14 bits per heavy atom. The third-order valence-electron chi connectivity index (χ3n) is 3.17. The molecule has 3 rings (SSSR count). The van der Waals surface area contributed by atoms with E-state index in [0.29, 0.717) is 22.6 Å². The van der Waals surface area contributed by atoms with Gasteiger partial charge in [0.05, 0.1) is 4.47 Å².